The molecule has 2 aromatic heterocycles. The molecule has 0 amide bonds. The fraction of sp³-hybridized carbons (Fsp3) is 0.364. The number of halogens is 1. The first kappa shape index (κ1) is 12.0. The molecule has 2 rings (SSSR count). The van der Waals surface area contributed by atoms with Crippen molar-refractivity contribution >= 4 is 11.6 Å². The highest BCUT2D eigenvalue weighted by molar-refractivity contribution is 6.32. The first-order chi connectivity index (χ1) is 8.22. The standard InChI is InChI=1S/C11H13ClN4O/c1-3-14-7(2)10-15-16-11(17-10)8-4-5-13-6-9(8)12/h4-7,14H,3H2,1-2H3. The molecule has 0 aliphatic rings. The molecule has 90 valence electrons. The topological polar surface area (TPSA) is 63.8 Å². The van der Waals surface area contributed by atoms with Gasteiger partial charge in [-0.3, -0.25) is 4.98 Å². The molecule has 1 N–H and O–H groups in total. The van der Waals surface area contributed by atoms with Crippen LogP contribution in [0.1, 0.15) is 25.8 Å². The molecular weight excluding hydrogens is 240 g/mol. The minimum atomic E-state index is 0.0295. The van der Waals surface area contributed by atoms with E-state index in [9.17, 15) is 0 Å². The Balaban J connectivity index is 2.27. The molecule has 0 aliphatic carbocycles. The summed E-state index contributed by atoms with van der Waals surface area (Å²) in [6, 6.07) is 1.78. The lowest BCUT2D eigenvalue weighted by atomic mass is 10.3. The highest BCUT2D eigenvalue weighted by atomic mass is 35.5. The fourth-order valence-corrected chi connectivity index (χ4v) is 1.66. The average molecular weight is 253 g/mol. The van der Waals surface area contributed by atoms with Crippen LogP contribution in [0.2, 0.25) is 5.02 Å². The predicted octanol–water partition coefficient (Wildman–Crippen LogP) is 2.46. The van der Waals surface area contributed by atoms with Crippen molar-refractivity contribution in [2.45, 2.75) is 19.9 Å². The molecule has 0 fully saturated rings. The lowest BCUT2D eigenvalue weighted by Gasteiger charge is -2.05. The second kappa shape index (κ2) is 5.25. The van der Waals surface area contributed by atoms with E-state index in [4.69, 9.17) is 16.0 Å². The summed E-state index contributed by atoms with van der Waals surface area (Å²) >= 11 is 6.00. The van der Waals surface area contributed by atoms with E-state index in [0.29, 0.717) is 22.4 Å². The molecule has 2 aromatic rings. The lowest BCUT2D eigenvalue weighted by molar-refractivity contribution is 0.429. The molecule has 5 nitrogen and oxygen atoms in total. The largest absolute Gasteiger partial charge is 0.419 e. The summed E-state index contributed by atoms with van der Waals surface area (Å²) in [5.41, 5.74) is 0.698. The van der Waals surface area contributed by atoms with E-state index in [-0.39, 0.29) is 6.04 Å². The van der Waals surface area contributed by atoms with Gasteiger partial charge in [-0.1, -0.05) is 18.5 Å². The van der Waals surface area contributed by atoms with Crippen molar-refractivity contribution in [3.8, 4) is 11.5 Å². The van der Waals surface area contributed by atoms with Gasteiger partial charge in [0.1, 0.15) is 0 Å². The highest BCUT2D eigenvalue weighted by Gasteiger charge is 2.15. The van der Waals surface area contributed by atoms with Gasteiger partial charge in [0.05, 0.1) is 16.6 Å². The summed E-state index contributed by atoms with van der Waals surface area (Å²) in [5, 5.41) is 11.7. The smallest absolute Gasteiger partial charge is 0.249 e. The molecule has 1 atom stereocenters. The first-order valence-corrected chi connectivity index (χ1v) is 5.76. The molecule has 0 radical (unpaired) electrons. The minimum Gasteiger partial charge on any atom is -0.419 e. The van der Waals surface area contributed by atoms with Crippen LogP contribution in [-0.4, -0.2) is 21.7 Å². The highest BCUT2D eigenvalue weighted by Crippen LogP contribution is 2.26. The number of hydrogen-bond donors (Lipinski definition) is 1. The van der Waals surface area contributed by atoms with Gasteiger partial charge in [-0.05, 0) is 19.5 Å². The van der Waals surface area contributed by atoms with E-state index in [1.807, 2.05) is 13.8 Å². The maximum atomic E-state index is 6.00. The lowest BCUT2D eigenvalue weighted by Crippen LogP contribution is -2.17. The number of pyridine rings is 1. The molecule has 2 heterocycles. The minimum absolute atomic E-state index is 0.0295. The zero-order valence-electron chi connectivity index (χ0n) is 9.64. The van der Waals surface area contributed by atoms with Gasteiger partial charge in [-0.2, -0.15) is 0 Å². The quantitative estimate of drug-likeness (QED) is 0.906. The molecule has 0 aliphatic heterocycles. The van der Waals surface area contributed by atoms with E-state index < -0.39 is 0 Å². The van der Waals surface area contributed by atoms with Gasteiger partial charge in [0.15, 0.2) is 0 Å². The monoisotopic (exact) mass is 252 g/mol. The van der Waals surface area contributed by atoms with Gasteiger partial charge < -0.3 is 9.73 Å². The van der Waals surface area contributed by atoms with Gasteiger partial charge >= 0.3 is 0 Å². The Bertz CT molecular complexity index is 500. The Hall–Kier alpha value is -1.46. The van der Waals surface area contributed by atoms with Crippen molar-refractivity contribution in [1.29, 1.82) is 0 Å². The molecule has 17 heavy (non-hydrogen) atoms. The molecule has 0 aromatic carbocycles. The number of nitrogens with zero attached hydrogens (tertiary/aromatic N) is 3. The third-order valence-electron chi connectivity index (χ3n) is 2.32. The molecule has 0 bridgehead atoms. The summed E-state index contributed by atoms with van der Waals surface area (Å²) in [6.07, 6.45) is 3.19. The number of aromatic nitrogens is 3. The van der Waals surface area contributed by atoms with Crippen LogP contribution < -0.4 is 5.32 Å². The Morgan fingerprint density at radius 1 is 1.47 bits per heavy atom. The van der Waals surface area contributed by atoms with Gasteiger partial charge in [0.2, 0.25) is 11.8 Å². The fourth-order valence-electron chi connectivity index (χ4n) is 1.46. The SMILES string of the molecule is CCNC(C)c1nnc(-c2ccncc2Cl)o1. The number of nitrogens with one attached hydrogen (secondary N) is 1. The molecule has 0 saturated carbocycles. The van der Waals surface area contributed by atoms with Crippen LogP contribution in [-0.2, 0) is 0 Å². The number of rotatable bonds is 4. The zero-order valence-corrected chi connectivity index (χ0v) is 10.4. The molecule has 0 saturated heterocycles. The number of hydrogen-bond acceptors (Lipinski definition) is 5. The summed E-state index contributed by atoms with van der Waals surface area (Å²) < 4.78 is 5.57. The zero-order chi connectivity index (χ0) is 12.3. The van der Waals surface area contributed by atoms with Crippen LogP contribution in [0, 0.1) is 0 Å². The van der Waals surface area contributed by atoms with Gasteiger partial charge in [-0.25, -0.2) is 0 Å². The Labute approximate surface area is 104 Å². The van der Waals surface area contributed by atoms with E-state index in [0.717, 1.165) is 6.54 Å². The van der Waals surface area contributed by atoms with Crippen LogP contribution in [0.25, 0.3) is 11.5 Å². The van der Waals surface area contributed by atoms with E-state index in [1.165, 1.54) is 0 Å². The van der Waals surface area contributed by atoms with E-state index >= 15 is 0 Å². The second-order valence-electron chi connectivity index (χ2n) is 3.58. The summed E-state index contributed by atoms with van der Waals surface area (Å²) in [7, 11) is 0. The third kappa shape index (κ3) is 2.62. The predicted molar refractivity (Wildman–Crippen MR) is 64.6 cm³/mol. The van der Waals surface area contributed by atoms with Crippen LogP contribution >= 0.6 is 11.6 Å². The van der Waals surface area contributed by atoms with Gasteiger partial charge in [0.25, 0.3) is 0 Å². The Kier molecular flexibility index (Phi) is 3.71. The molecule has 1 unspecified atom stereocenters. The van der Waals surface area contributed by atoms with Gasteiger partial charge in [0, 0.05) is 12.4 Å². The van der Waals surface area contributed by atoms with Crippen LogP contribution in [0.15, 0.2) is 22.9 Å². The maximum Gasteiger partial charge on any atom is 0.249 e. The van der Waals surface area contributed by atoms with Gasteiger partial charge in [-0.15, -0.1) is 10.2 Å². The van der Waals surface area contributed by atoms with Crippen molar-refractivity contribution in [2.75, 3.05) is 6.54 Å². The summed E-state index contributed by atoms with van der Waals surface area (Å²) in [6.45, 7) is 4.83. The molecule has 0 spiro atoms. The van der Waals surface area contributed by atoms with Crippen molar-refractivity contribution < 1.29 is 4.42 Å². The third-order valence-corrected chi connectivity index (χ3v) is 2.63. The second-order valence-corrected chi connectivity index (χ2v) is 3.99. The van der Waals surface area contributed by atoms with Crippen molar-refractivity contribution in [2.24, 2.45) is 0 Å². The van der Waals surface area contributed by atoms with Crippen molar-refractivity contribution in [3.63, 3.8) is 0 Å². The average Bonchev–Trinajstić information content (AvgIpc) is 2.79. The Morgan fingerprint density at radius 3 is 3.00 bits per heavy atom. The van der Waals surface area contributed by atoms with E-state index in [1.54, 1.807) is 18.5 Å². The summed E-state index contributed by atoms with van der Waals surface area (Å²) in [4.78, 5) is 3.91. The van der Waals surface area contributed by atoms with Crippen LogP contribution in [0.5, 0.6) is 0 Å². The summed E-state index contributed by atoms with van der Waals surface area (Å²) in [5.74, 6) is 0.965. The molecular formula is C11H13ClN4O. The van der Waals surface area contributed by atoms with E-state index in [2.05, 4.69) is 20.5 Å². The molecule has 6 heteroatoms. The van der Waals surface area contributed by atoms with Crippen molar-refractivity contribution in [1.82, 2.24) is 20.5 Å². The van der Waals surface area contributed by atoms with Crippen molar-refractivity contribution in [3.05, 3.63) is 29.4 Å². The normalized spacial score (nSPS) is 12.6. The van der Waals surface area contributed by atoms with Crippen LogP contribution in [0.3, 0.4) is 0 Å². The maximum absolute atomic E-state index is 6.00. The Morgan fingerprint density at radius 2 is 2.29 bits per heavy atom. The van der Waals surface area contributed by atoms with Crippen LogP contribution in [0.4, 0.5) is 0 Å². The first-order valence-electron chi connectivity index (χ1n) is 5.39.